The number of aliphatic hydroxyl groups excluding tert-OH is 1. The van der Waals surface area contributed by atoms with Gasteiger partial charge in [-0.15, -0.1) is 0 Å². The van der Waals surface area contributed by atoms with E-state index in [-0.39, 0.29) is 12.1 Å². The number of hydrogen-bond acceptors (Lipinski definition) is 5. The van der Waals surface area contributed by atoms with Gasteiger partial charge in [-0.2, -0.15) is 5.10 Å². The summed E-state index contributed by atoms with van der Waals surface area (Å²) < 4.78 is 6.57. The van der Waals surface area contributed by atoms with E-state index in [1.54, 1.807) is 0 Å². The van der Waals surface area contributed by atoms with Crippen LogP contribution in [0.3, 0.4) is 0 Å². The average molecular weight is 323 g/mol. The summed E-state index contributed by atoms with van der Waals surface area (Å²) in [6.45, 7) is 6.33. The highest BCUT2D eigenvalue weighted by Gasteiger charge is 2.26. The van der Waals surface area contributed by atoms with E-state index in [1.165, 1.54) is 12.7 Å². The standard InChI is InChI=1S/C17H29N3O3/c1-12-15(11-19(3)10-14-6-5-7-16(14)21)13(2)20(18-12)9-8-17(22)23-4/h14,16,21H,5-11H2,1-4H3. The fourth-order valence-corrected chi connectivity index (χ4v) is 3.44. The fraction of sp³-hybridized carbons (Fsp3) is 0.765. The van der Waals surface area contributed by atoms with Crippen LogP contribution in [0.2, 0.25) is 0 Å². The number of ether oxygens (including phenoxy) is 1. The molecule has 0 aromatic carbocycles. The number of nitrogens with zero attached hydrogens (tertiary/aromatic N) is 3. The van der Waals surface area contributed by atoms with Crippen LogP contribution in [0, 0.1) is 19.8 Å². The molecule has 1 N–H and O–H groups in total. The molecule has 23 heavy (non-hydrogen) atoms. The lowest BCUT2D eigenvalue weighted by Gasteiger charge is -2.23. The highest BCUT2D eigenvalue weighted by molar-refractivity contribution is 5.68. The van der Waals surface area contributed by atoms with Gasteiger partial charge in [0.1, 0.15) is 0 Å². The molecule has 1 aliphatic rings. The summed E-state index contributed by atoms with van der Waals surface area (Å²) >= 11 is 0. The van der Waals surface area contributed by atoms with Crippen molar-refractivity contribution < 1.29 is 14.6 Å². The van der Waals surface area contributed by atoms with Gasteiger partial charge in [0, 0.05) is 24.3 Å². The number of esters is 1. The molecule has 1 aliphatic carbocycles. The molecule has 2 atom stereocenters. The zero-order valence-corrected chi connectivity index (χ0v) is 14.7. The average Bonchev–Trinajstić information content (AvgIpc) is 3.03. The Kier molecular flexibility index (Phi) is 6.18. The first-order valence-electron chi connectivity index (χ1n) is 8.38. The molecule has 0 aliphatic heterocycles. The molecule has 6 nitrogen and oxygen atoms in total. The molecule has 1 saturated carbocycles. The van der Waals surface area contributed by atoms with Crippen molar-refractivity contribution >= 4 is 5.97 Å². The van der Waals surface area contributed by atoms with Crippen LogP contribution in [0.15, 0.2) is 0 Å². The SMILES string of the molecule is COC(=O)CCn1nc(C)c(CN(C)CC2CCCC2O)c1C. The number of aryl methyl sites for hydroxylation is 2. The van der Waals surface area contributed by atoms with Crippen LogP contribution >= 0.6 is 0 Å². The van der Waals surface area contributed by atoms with E-state index in [1.807, 2.05) is 18.5 Å². The first kappa shape index (κ1) is 17.9. The molecule has 1 fully saturated rings. The molecular formula is C17H29N3O3. The number of carbonyl (C=O) groups excluding carboxylic acids is 1. The highest BCUT2D eigenvalue weighted by Crippen LogP contribution is 2.26. The zero-order chi connectivity index (χ0) is 17.0. The van der Waals surface area contributed by atoms with Gasteiger partial charge < -0.3 is 14.7 Å². The van der Waals surface area contributed by atoms with E-state index >= 15 is 0 Å². The van der Waals surface area contributed by atoms with E-state index in [4.69, 9.17) is 0 Å². The molecule has 0 radical (unpaired) electrons. The van der Waals surface area contributed by atoms with Gasteiger partial charge in [0.05, 0.1) is 31.9 Å². The summed E-state index contributed by atoms with van der Waals surface area (Å²) in [5.41, 5.74) is 3.32. The summed E-state index contributed by atoms with van der Waals surface area (Å²) in [6, 6.07) is 0. The molecule has 1 aromatic heterocycles. The molecule has 1 aromatic rings. The van der Waals surface area contributed by atoms with Gasteiger partial charge in [0.15, 0.2) is 0 Å². The quantitative estimate of drug-likeness (QED) is 0.773. The largest absolute Gasteiger partial charge is 0.469 e. The molecule has 1 heterocycles. The predicted octanol–water partition coefficient (Wildman–Crippen LogP) is 1.66. The number of aliphatic hydroxyl groups is 1. The first-order valence-corrected chi connectivity index (χ1v) is 8.38. The fourth-order valence-electron chi connectivity index (χ4n) is 3.44. The summed E-state index contributed by atoms with van der Waals surface area (Å²) in [4.78, 5) is 13.6. The Balaban J connectivity index is 1.96. The molecule has 0 saturated heterocycles. The van der Waals surface area contributed by atoms with Crippen molar-refractivity contribution in [2.45, 2.75) is 58.7 Å². The second-order valence-electron chi connectivity index (χ2n) is 6.65. The Labute approximate surface area is 138 Å². The number of rotatable bonds is 7. The predicted molar refractivity (Wildman–Crippen MR) is 88.0 cm³/mol. The van der Waals surface area contributed by atoms with Crippen molar-refractivity contribution in [1.29, 1.82) is 0 Å². The summed E-state index contributed by atoms with van der Waals surface area (Å²) in [5.74, 6) is 0.168. The minimum Gasteiger partial charge on any atom is -0.469 e. The van der Waals surface area contributed by atoms with Crippen LogP contribution in [0.25, 0.3) is 0 Å². The van der Waals surface area contributed by atoms with E-state index in [0.717, 1.165) is 43.7 Å². The summed E-state index contributed by atoms with van der Waals surface area (Å²) in [6.07, 6.45) is 3.36. The van der Waals surface area contributed by atoms with Crippen molar-refractivity contribution in [2.24, 2.45) is 5.92 Å². The molecule has 2 rings (SSSR count). The zero-order valence-electron chi connectivity index (χ0n) is 14.7. The molecule has 6 heteroatoms. The number of carbonyl (C=O) groups is 1. The van der Waals surface area contributed by atoms with Crippen LogP contribution in [0.5, 0.6) is 0 Å². The smallest absolute Gasteiger partial charge is 0.307 e. The van der Waals surface area contributed by atoms with Crippen LogP contribution in [0.1, 0.15) is 42.6 Å². The van der Waals surface area contributed by atoms with Crippen LogP contribution in [0.4, 0.5) is 0 Å². The lowest BCUT2D eigenvalue weighted by Crippen LogP contribution is -2.29. The van der Waals surface area contributed by atoms with E-state index in [0.29, 0.717) is 18.9 Å². The third-order valence-electron chi connectivity index (χ3n) is 4.88. The van der Waals surface area contributed by atoms with E-state index in [9.17, 15) is 9.90 Å². The lowest BCUT2D eigenvalue weighted by molar-refractivity contribution is -0.140. The van der Waals surface area contributed by atoms with E-state index in [2.05, 4.69) is 21.8 Å². The van der Waals surface area contributed by atoms with Gasteiger partial charge >= 0.3 is 5.97 Å². The molecular weight excluding hydrogens is 294 g/mol. The van der Waals surface area contributed by atoms with Crippen LogP contribution in [-0.4, -0.2) is 52.6 Å². The highest BCUT2D eigenvalue weighted by atomic mass is 16.5. The van der Waals surface area contributed by atoms with Crippen molar-refractivity contribution in [3.63, 3.8) is 0 Å². The number of methoxy groups -OCH3 is 1. The molecule has 0 amide bonds. The van der Waals surface area contributed by atoms with Crippen molar-refractivity contribution in [1.82, 2.24) is 14.7 Å². The third-order valence-corrected chi connectivity index (χ3v) is 4.88. The molecule has 130 valence electrons. The van der Waals surface area contributed by atoms with Crippen molar-refractivity contribution in [3.05, 3.63) is 17.0 Å². The monoisotopic (exact) mass is 323 g/mol. The minimum absolute atomic E-state index is 0.151. The molecule has 0 bridgehead atoms. The summed E-state index contributed by atoms with van der Waals surface area (Å²) in [5, 5.41) is 14.5. The normalized spacial score (nSPS) is 21.1. The van der Waals surface area contributed by atoms with Crippen molar-refractivity contribution in [2.75, 3.05) is 20.7 Å². The Morgan fingerprint density at radius 3 is 2.78 bits per heavy atom. The van der Waals surface area contributed by atoms with Crippen molar-refractivity contribution in [3.8, 4) is 0 Å². The summed E-state index contributed by atoms with van der Waals surface area (Å²) in [7, 11) is 3.50. The third kappa shape index (κ3) is 4.54. The topological polar surface area (TPSA) is 67.6 Å². The van der Waals surface area contributed by atoms with E-state index < -0.39 is 0 Å². The molecule has 2 unspecified atom stereocenters. The van der Waals surface area contributed by atoms with Gasteiger partial charge in [-0.25, -0.2) is 0 Å². The van der Waals surface area contributed by atoms with Gasteiger partial charge in [0.25, 0.3) is 0 Å². The van der Waals surface area contributed by atoms with Gasteiger partial charge in [-0.1, -0.05) is 6.42 Å². The molecule has 0 spiro atoms. The second kappa shape index (κ2) is 7.93. The number of hydrogen-bond donors (Lipinski definition) is 1. The number of aromatic nitrogens is 2. The van der Waals surface area contributed by atoms with Crippen LogP contribution in [-0.2, 0) is 22.6 Å². The Morgan fingerprint density at radius 1 is 1.43 bits per heavy atom. The maximum absolute atomic E-state index is 11.3. The Hall–Kier alpha value is -1.40. The maximum atomic E-state index is 11.3. The lowest BCUT2D eigenvalue weighted by atomic mass is 10.1. The van der Waals surface area contributed by atoms with Gasteiger partial charge in [0.2, 0.25) is 0 Å². The Morgan fingerprint density at radius 2 is 2.17 bits per heavy atom. The van der Waals surface area contributed by atoms with Gasteiger partial charge in [-0.05, 0) is 39.7 Å². The maximum Gasteiger partial charge on any atom is 0.307 e. The minimum atomic E-state index is -0.216. The van der Waals surface area contributed by atoms with Crippen LogP contribution < -0.4 is 0 Å². The Bertz CT molecular complexity index is 541. The first-order chi connectivity index (χ1) is 10.9. The second-order valence-corrected chi connectivity index (χ2v) is 6.65. The van der Waals surface area contributed by atoms with Gasteiger partial charge in [-0.3, -0.25) is 9.48 Å².